The highest BCUT2D eigenvalue weighted by molar-refractivity contribution is 5.95. The van der Waals surface area contributed by atoms with Crippen LogP contribution in [0.2, 0.25) is 0 Å². The van der Waals surface area contributed by atoms with Crippen molar-refractivity contribution in [3.63, 3.8) is 0 Å². The molecule has 2 heterocycles. The maximum Gasteiger partial charge on any atom is 0.276 e. The van der Waals surface area contributed by atoms with E-state index >= 15 is 0 Å². The smallest absolute Gasteiger partial charge is 0.276 e. The second-order valence-electron chi connectivity index (χ2n) is 6.46. The molecule has 1 aliphatic heterocycles. The Kier molecular flexibility index (Phi) is 5.63. The first-order chi connectivity index (χ1) is 13.0. The molecular formula is C19H23N3O5. The summed E-state index contributed by atoms with van der Waals surface area (Å²) in [5.41, 5.74) is 0.793. The van der Waals surface area contributed by atoms with Crippen molar-refractivity contribution < 1.29 is 23.6 Å². The number of carbonyl (C=O) groups is 2. The molecule has 1 fully saturated rings. The zero-order valence-corrected chi connectivity index (χ0v) is 15.7. The number of hydrogen-bond acceptors (Lipinski definition) is 6. The first-order valence-corrected chi connectivity index (χ1v) is 8.76. The Balaban J connectivity index is 1.57. The van der Waals surface area contributed by atoms with Crippen molar-refractivity contribution in [2.24, 2.45) is 0 Å². The molecule has 8 nitrogen and oxygen atoms in total. The molecule has 0 atom stereocenters. The molecule has 144 valence electrons. The molecule has 8 heteroatoms. The van der Waals surface area contributed by atoms with Crippen LogP contribution in [0.1, 0.15) is 39.4 Å². The Labute approximate surface area is 157 Å². The van der Waals surface area contributed by atoms with Gasteiger partial charge in [-0.15, -0.1) is 0 Å². The number of benzene rings is 1. The fourth-order valence-electron chi connectivity index (χ4n) is 3.06. The Bertz CT molecular complexity index is 802. The summed E-state index contributed by atoms with van der Waals surface area (Å²) in [6, 6.07) is 6.68. The van der Waals surface area contributed by atoms with E-state index in [4.69, 9.17) is 14.0 Å². The maximum atomic E-state index is 12.6. The minimum Gasteiger partial charge on any atom is -0.497 e. The van der Waals surface area contributed by atoms with Gasteiger partial charge >= 0.3 is 0 Å². The molecule has 0 bridgehead atoms. The van der Waals surface area contributed by atoms with Gasteiger partial charge in [0.2, 0.25) is 0 Å². The summed E-state index contributed by atoms with van der Waals surface area (Å²) in [6.45, 7) is 2.85. The van der Waals surface area contributed by atoms with Crippen LogP contribution in [0.4, 0.5) is 0 Å². The SMILES string of the molecule is COc1cc(OC)cc(C(=O)NC2CCN(C(=O)c3cc(C)on3)CC2)c1. The summed E-state index contributed by atoms with van der Waals surface area (Å²) < 4.78 is 15.4. The third-order valence-electron chi connectivity index (χ3n) is 4.58. The predicted molar refractivity (Wildman–Crippen MR) is 97.2 cm³/mol. The molecule has 0 radical (unpaired) electrons. The van der Waals surface area contributed by atoms with Crippen LogP contribution in [0.5, 0.6) is 11.5 Å². The van der Waals surface area contributed by atoms with Gasteiger partial charge in [0, 0.05) is 36.8 Å². The van der Waals surface area contributed by atoms with E-state index in [0.29, 0.717) is 54.4 Å². The summed E-state index contributed by atoms with van der Waals surface area (Å²) in [6.07, 6.45) is 1.35. The van der Waals surface area contributed by atoms with Gasteiger partial charge in [-0.1, -0.05) is 5.16 Å². The van der Waals surface area contributed by atoms with Crippen molar-refractivity contribution in [3.8, 4) is 11.5 Å². The lowest BCUT2D eigenvalue weighted by molar-refractivity contribution is 0.0688. The van der Waals surface area contributed by atoms with Gasteiger partial charge in [0.05, 0.1) is 14.2 Å². The van der Waals surface area contributed by atoms with E-state index in [0.717, 1.165) is 0 Å². The molecule has 1 aromatic carbocycles. The molecule has 1 aromatic heterocycles. The molecule has 1 saturated heterocycles. The number of amides is 2. The van der Waals surface area contributed by atoms with Gasteiger partial charge in [0.15, 0.2) is 5.69 Å². The van der Waals surface area contributed by atoms with Crippen molar-refractivity contribution in [3.05, 3.63) is 41.3 Å². The van der Waals surface area contributed by atoms with Crippen molar-refractivity contribution in [1.82, 2.24) is 15.4 Å². The van der Waals surface area contributed by atoms with E-state index in [2.05, 4.69) is 10.5 Å². The first-order valence-electron chi connectivity index (χ1n) is 8.76. The third-order valence-corrected chi connectivity index (χ3v) is 4.58. The van der Waals surface area contributed by atoms with Crippen LogP contribution < -0.4 is 14.8 Å². The van der Waals surface area contributed by atoms with Crippen molar-refractivity contribution in [2.75, 3.05) is 27.3 Å². The fraction of sp³-hybridized carbons (Fsp3) is 0.421. The van der Waals surface area contributed by atoms with Gasteiger partial charge in [-0.25, -0.2) is 0 Å². The molecule has 0 unspecified atom stereocenters. The zero-order chi connectivity index (χ0) is 19.4. The van der Waals surface area contributed by atoms with E-state index in [1.165, 1.54) is 0 Å². The van der Waals surface area contributed by atoms with Crippen molar-refractivity contribution in [2.45, 2.75) is 25.8 Å². The molecular weight excluding hydrogens is 350 g/mol. The summed E-state index contributed by atoms with van der Waals surface area (Å²) in [7, 11) is 3.08. The number of hydrogen-bond donors (Lipinski definition) is 1. The number of nitrogens with zero attached hydrogens (tertiary/aromatic N) is 2. The van der Waals surface area contributed by atoms with Gasteiger partial charge in [0.1, 0.15) is 17.3 Å². The fourth-order valence-corrected chi connectivity index (χ4v) is 3.06. The van der Waals surface area contributed by atoms with Crippen molar-refractivity contribution in [1.29, 1.82) is 0 Å². The average molecular weight is 373 g/mol. The van der Waals surface area contributed by atoms with E-state index in [-0.39, 0.29) is 17.9 Å². The molecule has 0 spiro atoms. The molecule has 3 rings (SSSR count). The number of likely N-dealkylation sites (tertiary alicyclic amines) is 1. The Morgan fingerprint density at radius 1 is 1.11 bits per heavy atom. The summed E-state index contributed by atoms with van der Waals surface area (Å²) >= 11 is 0. The molecule has 0 saturated carbocycles. The van der Waals surface area contributed by atoms with Gasteiger partial charge in [-0.3, -0.25) is 9.59 Å². The number of nitrogens with one attached hydrogen (secondary N) is 1. The lowest BCUT2D eigenvalue weighted by Gasteiger charge is -2.32. The number of carbonyl (C=O) groups excluding carboxylic acids is 2. The van der Waals surface area contributed by atoms with Gasteiger partial charge < -0.3 is 24.2 Å². The van der Waals surface area contributed by atoms with Crippen LogP contribution in [0.25, 0.3) is 0 Å². The maximum absolute atomic E-state index is 12.6. The van der Waals surface area contributed by atoms with Crippen LogP contribution in [0, 0.1) is 6.92 Å². The normalized spacial score (nSPS) is 14.7. The second kappa shape index (κ2) is 8.11. The summed E-state index contributed by atoms with van der Waals surface area (Å²) in [5.74, 6) is 1.39. The van der Waals surface area contributed by atoms with Gasteiger partial charge in [0.25, 0.3) is 11.8 Å². The number of rotatable bonds is 5. The van der Waals surface area contributed by atoms with Crippen LogP contribution in [-0.4, -0.2) is 55.2 Å². The Morgan fingerprint density at radius 2 is 1.74 bits per heavy atom. The molecule has 2 aromatic rings. The molecule has 0 aliphatic carbocycles. The highest BCUT2D eigenvalue weighted by Gasteiger charge is 2.26. The van der Waals surface area contributed by atoms with Gasteiger partial charge in [-0.05, 0) is 31.9 Å². The largest absolute Gasteiger partial charge is 0.497 e. The standard InChI is InChI=1S/C19H23N3O5/c1-12-8-17(21-27-12)19(24)22-6-4-14(5-7-22)20-18(23)13-9-15(25-2)11-16(10-13)26-3/h8-11,14H,4-7H2,1-3H3,(H,20,23). The summed E-state index contributed by atoms with van der Waals surface area (Å²) in [4.78, 5) is 26.7. The first kappa shape index (κ1) is 18.8. The Morgan fingerprint density at radius 3 is 2.26 bits per heavy atom. The quantitative estimate of drug-likeness (QED) is 0.862. The van der Waals surface area contributed by atoms with E-state index in [1.807, 2.05) is 0 Å². The number of ether oxygens (including phenoxy) is 2. The van der Waals surface area contributed by atoms with E-state index < -0.39 is 0 Å². The molecule has 27 heavy (non-hydrogen) atoms. The molecule has 1 aliphatic rings. The van der Waals surface area contributed by atoms with Crippen LogP contribution in [0.15, 0.2) is 28.8 Å². The molecule has 1 N–H and O–H groups in total. The van der Waals surface area contributed by atoms with Crippen LogP contribution in [0.3, 0.4) is 0 Å². The number of aromatic nitrogens is 1. The Hall–Kier alpha value is -3.03. The topological polar surface area (TPSA) is 93.9 Å². The third kappa shape index (κ3) is 4.39. The highest BCUT2D eigenvalue weighted by atomic mass is 16.5. The predicted octanol–water partition coefficient (Wildman–Crippen LogP) is 2.03. The van der Waals surface area contributed by atoms with Crippen LogP contribution in [-0.2, 0) is 0 Å². The van der Waals surface area contributed by atoms with Crippen molar-refractivity contribution >= 4 is 11.8 Å². The lowest BCUT2D eigenvalue weighted by atomic mass is 10.0. The van der Waals surface area contributed by atoms with Gasteiger partial charge in [-0.2, -0.15) is 0 Å². The number of methoxy groups -OCH3 is 2. The lowest BCUT2D eigenvalue weighted by Crippen LogP contribution is -2.46. The highest BCUT2D eigenvalue weighted by Crippen LogP contribution is 2.23. The second-order valence-corrected chi connectivity index (χ2v) is 6.46. The number of aryl methyl sites for hydroxylation is 1. The monoisotopic (exact) mass is 373 g/mol. The van der Waals surface area contributed by atoms with E-state index in [1.54, 1.807) is 50.3 Å². The number of piperidine rings is 1. The minimum atomic E-state index is -0.191. The average Bonchev–Trinajstić information content (AvgIpc) is 3.13. The minimum absolute atomic E-state index is 0.00205. The summed E-state index contributed by atoms with van der Waals surface area (Å²) in [5, 5.41) is 6.79. The van der Waals surface area contributed by atoms with E-state index in [9.17, 15) is 9.59 Å². The van der Waals surface area contributed by atoms with Crippen LogP contribution >= 0.6 is 0 Å². The zero-order valence-electron chi connectivity index (χ0n) is 15.7. The molecule has 2 amide bonds.